The van der Waals surface area contributed by atoms with Crippen molar-refractivity contribution in [2.75, 3.05) is 37.6 Å². The van der Waals surface area contributed by atoms with Gasteiger partial charge in [-0.15, -0.1) is 0 Å². The van der Waals surface area contributed by atoms with Crippen LogP contribution in [0.2, 0.25) is 0 Å². The van der Waals surface area contributed by atoms with Crippen LogP contribution in [0.15, 0.2) is 18.3 Å². The van der Waals surface area contributed by atoms with Gasteiger partial charge in [-0.1, -0.05) is 0 Å². The van der Waals surface area contributed by atoms with Crippen molar-refractivity contribution in [3.05, 3.63) is 23.9 Å². The van der Waals surface area contributed by atoms with E-state index in [9.17, 15) is 9.59 Å². The number of hydrogen-bond donors (Lipinski definition) is 2. The molecule has 2 aliphatic rings. The molecule has 1 atom stereocenters. The lowest BCUT2D eigenvalue weighted by atomic mass is 10.1. The second-order valence-electron chi connectivity index (χ2n) is 5.70. The highest BCUT2D eigenvalue weighted by molar-refractivity contribution is 5.97. The summed E-state index contributed by atoms with van der Waals surface area (Å²) >= 11 is 0. The molecule has 0 bridgehead atoms. The topological polar surface area (TPSA) is 91.6 Å². The van der Waals surface area contributed by atoms with E-state index in [2.05, 4.69) is 10.3 Å². The van der Waals surface area contributed by atoms with Crippen LogP contribution in [0.5, 0.6) is 0 Å². The first kappa shape index (κ1) is 14.8. The number of amides is 2. The van der Waals surface area contributed by atoms with Crippen LogP contribution in [0, 0.1) is 0 Å². The minimum atomic E-state index is -0.475. The molecule has 2 aliphatic heterocycles. The largest absolute Gasteiger partial charge is 0.365 e. The number of pyridine rings is 1. The van der Waals surface area contributed by atoms with Gasteiger partial charge < -0.3 is 20.9 Å². The lowest BCUT2D eigenvalue weighted by Gasteiger charge is -2.37. The first-order chi connectivity index (χ1) is 10.7. The van der Waals surface area contributed by atoms with Gasteiger partial charge in [0.25, 0.3) is 5.91 Å². The standard InChI is InChI=1S/C15H21N5O2/c16-13(21)11-3-1-6-18-14(11)19-7-9-20(10-8-19)15(22)12-4-2-5-17-12/h1,3,6,12,17H,2,4-5,7-10H2,(H2,16,21)/t12-/m0/s1. The van der Waals surface area contributed by atoms with Crippen LogP contribution in [0.3, 0.4) is 0 Å². The maximum atomic E-state index is 12.4. The van der Waals surface area contributed by atoms with E-state index in [4.69, 9.17) is 5.73 Å². The van der Waals surface area contributed by atoms with E-state index in [-0.39, 0.29) is 11.9 Å². The number of piperazine rings is 1. The third-order valence-electron chi connectivity index (χ3n) is 4.30. The Morgan fingerprint density at radius 3 is 2.68 bits per heavy atom. The molecule has 7 heteroatoms. The van der Waals surface area contributed by atoms with Gasteiger partial charge in [-0.25, -0.2) is 4.98 Å². The lowest BCUT2D eigenvalue weighted by molar-refractivity contribution is -0.133. The summed E-state index contributed by atoms with van der Waals surface area (Å²) in [6.07, 6.45) is 3.64. The maximum absolute atomic E-state index is 12.4. The fourth-order valence-corrected chi connectivity index (χ4v) is 3.10. The molecule has 0 radical (unpaired) electrons. The zero-order chi connectivity index (χ0) is 15.5. The summed E-state index contributed by atoms with van der Waals surface area (Å²) in [5.41, 5.74) is 5.83. The smallest absolute Gasteiger partial charge is 0.252 e. The van der Waals surface area contributed by atoms with Crippen molar-refractivity contribution in [1.82, 2.24) is 15.2 Å². The Bertz CT molecular complexity index is 563. The number of carbonyl (C=O) groups excluding carboxylic acids is 2. The molecule has 0 saturated carbocycles. The molecule has 2 saturated heterocycles. The molecule has 3 N–H and O–H groups in total. The molecule has 0 spiro atoms. The first-order valence-electron chi connectivity index (χ1n) is 7.69. The average Bonchev–Trinajstić information content (AvgIpc) is 3.09. The van der Waals surface area contributed by atoms with Gasteiger partial charge in [0.05, 0.1) is 11.6 Å². The summed E-state index contributed by atoms with van der Waals surface area (Å²) < 4.78 is 0. The molecule has 2 amide bonds. The molecule has 1 aromatic heterocycles. The number of rotatable bonds is 3. The summed E-state index contributed by atoms with van der Waals surface area (Å²) in [7, 11) is 0. The summed E-state index contributed by atoms with van der Waals surface area (Å²) in [4.78, 5) is 32.1. The van der Waals surface area contributed by atoms with E-state index >= 15 is 0 Å². The fraction of sp³-hybridized carbons (Fsp3) is 0.533. The van der Waals surface area contributed by atoms with Crippen LogP contribution in [0.1, 0.15) is 23.2 Å². The van der Waals surface area contributed by atoms with Gasteiger partial charge in [-0.3, -0.25) is 9.59 Å². The van der Waals surface area contributed by atoms with Crippen molar-refractivity contribution < 1.29 is 9.59 Å². The number of aromatic nitrogens is 1. The van der Waals surface area contributed by atoms with Crippen molar-refractivity contribution in [3.8, 4) is 0 Å². The monoisotopic (exact) mass is 303 g/mol. The fourth-order valence-electron chi connectivity index (χ4n) is 3.10. The highest BCUT2D eigenvalue weighted by Gasteiger charge is 2.30. The Morgan fingerprint density at radius 1 is 1.27 bits per heavy atom. The van der Waals surface area contributed by atoms with Crippen LogP contribution in [0.4, 0.5) is 5.82 Å². The van der Waals surface area contributed by atoms with Gasteiger partial charge in [0.1, 0.15) is 5.82 Å². The molecule has 0 aliphatic carbocycles. The second kappa shape index (κ2) is 6.31. The normalized spacial score (nSPS) is 21.9. The minimum Gasteiger partial charge on any atom is -0.365 e. The molecular weight excluding hydrogens is 282 g/mol. The molecule has 3 rings (SSSR count). The quantitative estimate of drug-likeness (QED) is 0.791. The number of primary amides is 1. The minimum absolute atomic E-state index is 0.0254. The molecule has 3 heterocycles. The van der Waals surface area contributed by atoms with Crippen molar-refractivity contribution in [2.45, 2.75) is 18.9 Å². The van der Waals surface area contributed by atoms with Gasteiger partial charge >= 0.3 is 0 Å². The number of hydrogen-bond acceptors (Lipinski definition) is 5. The molecule has 2 fully saturated rings. The van der Waals surface area contributed by atoms with E-state index in [0.29, 0.717) is 37.6 Å². The SMILES string of the molecule is NC(=O)c1cccnc1N1CCN(C(=O)[C@@H]2CCCN2)CC1. The Hall–Kier alpha value is -2.15. The number of nitrogens with two attached hydrogens (primary N) is 1. The van der Waals surface area contributed by atoms with Gasteiger partial charge in [-0.05, 0) is 31.5 Å². The Kier molecular flexibility index (Phi) is 4.24. The highest BCUT2D eigenvalue weighted by atomic mass is 16.2. The van der Waals surface area contributed by atoms with E-state index < -0.39 is 5.91 Å². The molecule has 22 heavy (non-hydrogen) atoms. The van der Waals surface area contributed by atoms with Crippen LogP contribution in [0.25, 0.3) is 0 Å². The summed E-state index contributed by atoms with van der Waals surface area (Å²) in [5.74, 6) is 0.325. The molecular formula is C15H21N5O2. The molecule has 118 valence electrons. The summed E-state index contributed by atoms with van der Waals surface area (Å²) in [6.45, 7) is 3.54. The van der Waals surface area contributed by atoms with Crippen LogP contribution in [-0.2, 0) is 4.79 Å². The van der Waals surface area contributed by atoms with Gasteiger partial charge in [0, 0.05) is 32.4 Å². The van der Waals surface area contributed by atoms with Crippen LogP contribution < -0.4 is 16.0 Å². The zero-order valence-electron chi connectivity index (χ0n) is 12.5. The van der Waals surface area contributed by atoms with E-state index in [1.165, 1.54) is 0 Å². The van der Waals surface area contributed by atoms with Crippen molar-refractivity contribution in [2.24, 2.45) is 5.73 Å². The van der Waals surface area contributed by atoms with Crippen LogP contribution in [-0.4, -0.2) is 60.5 Å². The summed E-state index contributed by atoms with van der Waals surface area (Å²) in [6, 6.07) is 3.36. The molecule has 7 nitrogen and oxygen atoms in total. The third kappa shape index (κ3) is 2.89. The van der Waals surface area contributed by atoms with Crippen LogP contribution >= 0.6 is 0 Å². The zero-order valence-corrected chi connectivity index (χ0v) is 12.5. The van der Waals surface area contributed by atoms with E-state index in [0.717, 1.165) is 19.4 Å². The average molecular weight is 303 g/mol. The van der Waals surface area contributed by atoms with Gasteiger partial charge in [0.2, 0.25) is 5.91 Å². The van der Waals surface area contributed by atoms with Gasteiger partial charge in [0.15, 0.2) is 0 Å². The highest BCUT2D eigenvalue weighted by Crippen LogP contribution is 2.19. The Morgan fingerprint density at radius 2 is 2.05 bits per heavy atom. The van der Waals surface area contributed by atoms with E-state index in [1.54, 1.807) is 18.3 Å². The second-order valence-corrected chi connectivity index (χ2v) is 5.70. The van der Waals surface area contributed by atoms with Crippen molar-refractivity contribution in [3.63, 3.8) is 0 Å². The third-order valence-corrected chi connectivity index (χ3v) is 4.30. The number of carbonyl (C=O) groups is 2. The molecule has 0 unspecified atom stereocenters. The number of nitrogens with zero attached hydrogens (tertiary/aromatic N) is 3. The van der Waals surface area contributed by atoms with Crippen molar-refractivity contribution >= 4 is 17.6 Å². The van der Waals surface area contributed by atoms with Gasteiger partial charge in [-0.2, -0.15) is 0 Å². The summed E-state index contributed by atoms with van der Waals surface area (Å²) in [5, 5.41) is 3.24. The Balaban J connectivity index is 1.64. The predicted molar refractivity (Wildman–Crippen MR) is 82.6 cm³/mol. The van der Waals surface area contributed by atoms with E-state index in [1.807, 2.05) is 9.80 Å². The molecule has 0 aromatic carbocycles. The van der Waals surface area contributed by atoms with Crippen molar-refractivity contribution in [1.29, 1.82) is 0 Å². The first-order valence-corrected chi connectivity index (χ1v) is 7.69. The maximum Gasteiger partial charge on any atom is 0.252 e. The molecule has 1 aromatic rings. The lowest BCUT2D eigenvalue weighted by Crippen LogP contribution is -2.53. The predicted octanol–water partition coefficient (Wildman–Crippen LogP) is -0.419. The Labute approximate surface area is 129 Å². The number of nitrogens with one attached hydrogen (secondary N) is 1. The number of anilines is 1.